The summed E-state index contributed by atoms with van der Waals surface area (Å²) in [5, 5.41) is 5.70. The largest absolute Gasteiger partial charge is 0.343 e. The Morgan fingerprint density at radius 3 is 2.20 bits per heavy atom. The van der Waals surface area contributed by atoms with E-state index in [1.807, 2.05) is 38.1 Å². The molecule has 0 saturated carbocycles. The normalized spacial score (nSPS) is 14.3. The molecule has 0 atom stereocenters. The first-order valence-corrected chi connectivity index (χ1v) is 10.2. The Kier molecular flexibility index (Phi) is 7.19. The second-order valence-corrected chi connectivity index (χ2v) is 7.67. The fraction of sp³-hybridized carbons (Fsp3) is 0.348. The van der Waals surface area contributed by atoms with Crippen molar-refractivity contribution in [2.24, 2.45) is 0 Å². The number of rotatable bonds is 6. The van der Waals surface area contributed by atoms with Crippen molar-refractivity contribution >= 4 is 23.4 Å². The number of benzene rings is 2. The Hall–Kier alpha value is -3.19. The molecule has 158 valence electrons. The molecule has 0 aliphatic carbocycles. The van der Waals surface area contributed by atoms with Crippen LogP contribution in [-0.2, 0) is 9.59 Å². The molecule has 0 bridgehead atoms. The first-order chi connectivity index (χ1) is 14.4. The summed E-state index contributed by atoms with van der Waals surface area (Å²) in [6, 6.07) is 14.8. The number of amides is 3. The number of hydrogen-bond donors (Lipinski definition) is 3. The fourth-order valence-electron chi connectivity index (χ4n) is 3.63. The van der Waals surface area contributed by atoms with E-state index in [1.54, 1.807) is 29.2 Å². The zero-order chi connectivity index (χ0) is 21.5. The third-order valence-corrected chi connectivity index (χ3v) is 5.42. The molecule has 0 unspecified atom stereocenters. The molecule has 3 rings (SSSR count). The van der Waals surface area contributed by atoms with Crippen molar-refractivity contribution in [2.75, 3.05) is 44.6 Å². The van der Waals surface area contributed by atoms with E-state index >= 15 is 0 Å². The summed E-state index contributed by atoms with van der Waals surface area (Å²) in [5.74, 6) is -0.369. The monoisotopic (exact) mass is 409 g/mol. The number of anilines is 1. The van der Waals surface area contributed by atoms with E-state index in [0.717, 1.165) is 21.7 Å². The number of carbonyl (C=O) groups excluding carboxylic acids is 3. The quantitative estimate of drug-likeness (QED) is 0.646. The van der Waals surface area contributed by atoms with Gasteiger partial charge in [0.2, 0.25) is 5.91 Å². The second kappa shape index (κ2) is 10.0. The van der Waals surface area contributed by atoms with Crippen molar-refractivity contribution in [3.05, 3.63) is 65.2 Å². The summed E-state index contributed by atoms with van der Waals surface area (Å²) in [6.45, 7) is 6.89. The molecule has 0 radical (unpaired) electrons. The minimum atomic E-state index is -0.253. The summed E-state index contributed by atoms with van der Waals surface area (Å²) >= 11 is 0. The Labute approximate surface area is 177 Å². The van der Waals surface area contributed by atoms with Crippen LogP contribution in [0.1, 0.15) is 21.5 Å². The van der Waals surface area contributed by atoms with Gasteiger partial charge in [0.25, 0.3) is 11.8 Å². The highest BCUT2D eigenvalue weighted by atomic mass is 16.2. The first kappa shape index (κ1) is 21.5. The highest BCUT2D eigenvalue weighted by Crippen LogP contribution is 2.18. The number of carbonyl (C=O) groups is 3. The minimum Gasteiger partial charge on any atom is -0.343 e. The van der Waals surface area contributed by atoms with E-state index < -0.39 is 0 Å². The zero-order valence-corrected chi connectivity index (χ0v) is 17.5. The number of nitrogens with zero attached hydrogens (tertiary/aromatic N) is 1. The van der Waals surface area contributed by atoms with Crippen LogP contribution in [0.5, 0.6) is 0 Å². The van der Waals surface area contributed by atoms with Crippen LogP contribution in [0.25, 0.3) is 0 Å². The van der Waals surface area contributed by atoms with Crippen LogP contribution < -0.4 is 15.5 Å². The minimum absolute atomic E-state index is 0.0164. The topological polar surface area (TPSA) is 82.9 Å². The zero-order valence-electron chi connectivity index (χ0n) is 17.5. The average molecular weight is 410 g/mol. The van der Waals surface area contributed by atoms with Crippen LogP contribution in [0.2, 0.25) is 0 Å². The summed E-state index contributed by atoms with van der Waals surface area (Å²) in [6.07, 6.45) is 0. The van der Waals surface area contributed by atoms with Crippen molar-refractivity contribution in [1.82, 2.24) is 10.2 Å². The molecule has 3 N–H and O–H groups in total. The standard InChI is InChI=1S/C23H28N4O3/c1-17-7-6-8-18(2)22(17)25-20(28)16-26-11-13-27(14-12-26)21(29)15-24-23(30)19-9-4-3-5-10-19/h3-10H,11-16H2,1-2H3,(H,24,30)(H,25,28)/p+1. The summed E-state index contributed by atoms with van der Waals surface area (Å²) < 4.78 is 0. The van der Waals surface area contributed by atoms with E-state index in [9.17, 15) is 14.4 Å². The molecule has 1 aliphatic heterocycles. The molecule has 2 aromatic rings. The maximum atomic E-state index is 12.5. The van der Waals surface area contributed by atoms with E-state index in [4.69, 9.17) is 0 Å². The number of hydrogen-bond acceptors (Lipinski definition) is 3. The summed E-state index contributed by atoms with van der Waals surface area (Å²) in [4.78, 5) is 39.8. The molecule has 1 heterocycles. The molecular formula is C23H29N4O3+. The number of quaternary nitrogens is 1. The van der Waals surface area contributed by atoms with E-state index in [2.05, 4.69) is 10.6 Å². The van der Waals surface area contributed by atoms with E-state index in [-0.39, 0.29) is 24.3 Å². The Morgan fingerprint density at radius 2 is 1.57 bits per heavy atom. The lowest BCUT2D eigenvalue weighted by Crippen LogP contribution is -3.15. The van der Waals surface area contributed by atoms with E-state index in [0.29, 0.717) is 38.3 Å². The maximum Gasteiger partial charge on any atom is 0.279 e. The van der Waals surface area contributed by atoms with Crippen molar-refractivity contribution in [1.29, 1.82) is 0 Å². The molecule has 1 saturated heterocycles. The summed E-state index contributed by atoms with van der Waals surface area (Å²) in [7, 11) is 0. The van der Waals surface area contributed by atoms with Gasteiger partial charge in [0.1, 0.15) is 0 Å². The van der Waals surface area contributed by atoms with E-state index in [1.165, 1.54) is 0 Å². The van der Waals surface area contributed by atoms with Gasteiger partial charge in [-0.1, -0.05) is 36.4 Å². The van der Waals surface area contributed by atoms with Gasteiger partial charge < -0.3 is 20.4 Å². The molecule has 2 aromatic carbocycles. The van der Waals surface area contributed by atoms with Crippen LogP contribution in [-0.4, -0.2) is 61.9 Å². The second-order valence-electron chi connectivity index (χ2n) is 7.67. The number of para-hydroxylation sites is 1. The maximum absolute atomic E-state index is 12.5. The lowest BCUT2D eigenvalue weighted by molar-refractivity contribution is -0.895. The smallest absolute Gasteiger partial charge is 0.279 e. The van der Waals surface area contributed by atoms with Gasteiger partial charge in [0, 0.05) is 11.3 Å². The number of piperazine rings is 1. The van der Waals surface area contributed by atoms with Crippen LogP contribution in [0.4, 0.5) is 5.69 Å². The van der Waals surface area contributed by atoms with Crippen LogP contribution in [0.3, 0.4) is 0 Å². The third kappa shape index (κ3) is 5.67. The molecule has 1 fully saturated rings. The van der Waals surface area contributed by atoms with Gasteiger partial charge in [-0.15, -0.1) is 0 Å². The van der Waals surface area contributed by atoms with Gasteiger partial charge in [0.05, 0.1) is 32.7 Å². The Morgan fingerprint density at radius 1 is 0.933 bits per heavy atom. The fourth-order valence-corrected chi connectivity index (χ4v) is 3.63. The van der Waals surface area contributed by atoms with Gasteiger partial charge >= 0.3 is 0 Å². The molecule has 30 heavy (non-hydrogen) atoms. The van der Waals surface area contributed by atoms with Crippen LogP contribution in [0, 0.1) is 13.8 Å². The van der Waals surface area contributed by atoms with Crippen molar-refractivity contribution in [2.45, 2.75) is 13.8 Å². The molecule has 0 aromatic heterocycles. The number of aryl methyl sites for hydroxylation is 2. The van der Waals surface area contributed by atoms with Crippen LogP contribution >= 0.6 is 0 Å². The predicted molar refractivity (Wildman–Crippen MR) is 115 cm³/mol. The van der Waals surface area contributed by atoms with Crippen LogP contribution in [0.15, 0.2) is 48.5 Å². The summed E-state index contributed by atoms with van der Waals surface area (Å²) in [5.41, 5.74) is 3.51. The van der Waals surface area contributed by atoms with Gasteiger partial charge in [-0.2, -0.15) is 0 Å². The molecule has 7 heteroatoms. The molecule has 3 amide bonds. The van der Waals surface area contributed by atoms with Crippen molar-refractivity contribution < 1.29 is 19.3 Å². The predicted octanol–water partition coefficient (Wildman–Crippen LogP) is 0.399. The van der Waals surface area contributed by atoms with Crippen molar-refractivity contribution in [3.63, 3.8) is 0 Å². The molecule has 7 nitrogen and oxygen atoms in total. The average Bonchev–Trinajstić information content (AvgIpc) is 2.75. The van der Waals surface area contributed by atoms with Gasteiger partial charge in [-0.3, -0.25) is 14.4 Å². The molecule has 0 spiro atoms. The Balaban J connectivity index is 1.41. The van der Waals surface area contributed by atoms with Gasteiger partial charge in [0.15, 0.2) is 6.54 Å². The van der Waals surface area contributed by atoms with Gasteiger partial charge in [-0.05, 0) is 37.1 Å². The first-order valence-electron chi connectivity index (χ1n) is 10.2. The Bertz CT molecular complexity index is 886. The highest BCUT2D eigenvalue weighted by molar-refractivity contribution is 5.96. The SMILES string of the molecule is Cc1cccc(C)c1NC(=O)C[NH+]1CCN(C(=O)CNC(=O)c2ccccc2)CC1. The lowest BCUT2D eigenvalue weighted by Gasteiger charge is -2.32. The molecule has 1 aliphatic rings. The molecular weight excluding hydrogens is 380 g/mol. The highest BCUT2D eigenvalue weighted by Gasteiger charge is 2.25. The van der Waals surface area contributed by atoms with Gasteiger partial charge in [-0.25, -0.2) is 0 Å². The van der Waals surface area contributed by atoms with Crippen molar-refractivity contribution in [3.8, 4) is 0 Å². The third-order valence-electron chi connectivity index (χ3n) is 5.42. The number of nitrogens with one attached hydrogen (secondary N) is 3. The lowest BCUT2D eigenvalue weighted by atomic mass is 10.1.